The minimum atomic E-state index is -0.581. The van der Waals surface area contributed by atoms with Crippen molar-refractivity contribution in [3.8, 4) is 11.5 Å². The van der Waals surface area contributed by atoms with Gasteiger partial charge in [-0.2, -0.15) is 0 Å². The van der Waals surface area contributed by atoms with Crippen LogP contribution in [0.2, 0.25) is 0 Å². The molecule has 0 aliphatic carbocycles. The number of carbonyl (C=O) groups excluding carboxylic acids is 2. The Morgan fingerprint density at radius 2 is 1.84 bits per heavy atom. The van der Waals surface area contributed by atoms with Crippen molar-refractivity contribution in [2.24, 2.45) is 5.73 Å². The molecule has 2 rings (SSSR count). The maximum atomic E-state index is 12.2. The first-order valence-corrected chi connectivity index (χ1v) is 8.01. The number of primary amides is 1. The molecule has 2 amide bonds. The fourth-order valence-electron chi connectivity index (χ4n) is 2.32. The van der Waals surface area contributed by atoms with Gasteiger partial charge in [0.15, 0.2) is 18.1 Å². The summed E-state index contributed by atoms with van der Waals surface area (Å²) in [4.78, 5) is 23.0. The second kappa shape index (κ2) is 9.32. The number of ether oxygens (including phenoxy) is 2. The molecule has 0 saturated carbocycles. The Kier molecular flexibility index (Phi) is 6.83. The number of amides is 2. The van der Waals surface area contributed by atoms with Gasteiger partial charge in [-0.3, -0.25) is 9.59 Å². The van der Waals surface area contributed by atoms with Crippen LogP contribution in [0.3, 0.4) is 0 Å². The fourth-order valence-corrected chi connectivity index (χ4v) is 2.32. The molecular formula is C19H22N2O4. The molecule has 0 atom stereocenters. The summed E-state index contributed by atoms with van der Waals surface area (Å²) >= 11 is 0. The van der Waals surface area contributed by atoms with Gasteiger partial charge in [0.2, 0.25) is 0 Å². The van der Waals surface area contributed by atoms with Crippen LogP contribution >= 0.6 is 0 Å². The SMILES string of the molecule is COc1cc(C(=O)NCCCc2ccccc2)ccc1OCC(N)=O. The highest BCUT2D eigenvalue weighted by molar-refractivity contribution is 5.94. The molecule has 0 fully saturated rings. The molecule has 0 radical (unpaired) electrons. The molecule has 6 nitrogen and oxygen atoms in total. The van der Waals surface area contributed by atoms with Crippen molar-refractivity contribution in [1.29, 1.82) is 0 Å². The van der Waals surface area contributed by atoms with Crippen molar-refractivity contribution in [3.63, 3.8) is 0 Å². The maximum Gasteiger partial charge on any atom is 0.255 e. The van der Waals surface area contributed by atoms with Gasteiger partial charge >= 0.3 is 0 Å². The van der Waals surface area contributed by atoms with Gasteiger partial charge < -0.3 is 20.5 Å². The maximum absolute atomic E-state index is 12.2. The molecule has 0 aliphatic heterocycles. The predicted molar refractivity (Wildman–Crippen MR) is 94.8 cm³/mol. The van der Waals surface area contributed by atoms with Crippen molar-refractivity contribution in [2.45, 2.75) is 12.8 Å². The number of benzene rings is 2. The molecule has 2 aromatic carbocycles. The van der Waals surface area contributed by atoms with E-state index in [2.05, 4.69) is 17.4 Å². The Bertz CT molecular complexity index is 717. The van der Waals surface area contributed by atoms with Crippen LogP contribution in [0.5, 0.6) is 11.5 Å². The van der Waals surface area contributed by atoms with E-state index in [0.717, 1.165) is 12.8 Å². The molecule has 0 heterocycles. The summed E-state index contributed by atoms with van der Waals surface area (Å²) in [5.74, 6) is -0.0322. The number of rotatable bonds is 9. The number of hydrogen-bond acceptors (Lipinski definition) is 4. The van der Waals surface area contributed by atoms with Gasteiger partial charge in [0.05, 0.1) is 7.11 Å². The van der Waals surface area contributed by atoms with Crippen LogP contribution in [0.4, 0.5) is 0 Å². The van der Waals surface area contributed by atoms with Crippen molar-refractivity contribution >= 4 is 11.8 Å². The summed E-state index contributed by atoms with van der Waals surface area (Å²) in [6.07, 6.45) is 1.76. The van der Waals surface area contributed by atoms with E-state index in [-0.39, 0.29) is 12.5 Å². The van der Waals surface area contributed by atoms with Gasteiger partial charge in [-0.05, 0) is 36.6 Å². The summed E-state index contributed by atoms with van der Waals surface area (Å²) in [5, 5.41) is 2.88. The Morgan fingerprint density at radius 3 is 2.52 bits per heavy atom. The van der Waals surface area contributed by atoms with Gasteiger partial charge in [0, 0.05) is 12.1 Å². The Hall–Kier alpha value is -3.02. The highest BCUT2D eigenvalue weighted by Crippen LogP contribution is 2.28. The quantitative estimate of drug-likeness (QED) is 0.681. The third kappa shape index (κ3) is 5.84. The highest BCUT2D eigenvalue weighted by atomic mass is 16.5. The number of carbonyl (C=O) groups is 2. The molecule has 0 saturated heterocycles. The summed E-state index contributed by atoms with van der Waals surface area (Å²) in [6.45, 7) is 0.331. The number of methoxy groups -OCH3 is 1. The van der Waals surface area contributed by atoms with E-state index in [0.29, 0.717) is 23.6 Å². The molecule has 6 heteroatoms. The van der Waals surface area contributed by atoms with Gasteiger partial charge in [-0.15, -0.1) is 0 Å². The topological polar surface area (TPSA) is 90.7 Å². The zero-order chi connectivity index (χ0) is 18.1. The van der Waals surface area contributed by atoms with Gasteiger partial charge in [-0.1, -0.05) is 30.3 Å². The zero-order valence-corrected chi connectivity index (χ0v) is 14.2. The van der Waals surface area contributed by atoms with Gasteiger partial charge in [0.25, 0.3) is 11.8 Å². The molecule has 25 heavy (non-hydrogen) atoms. The van der Waals surface area contributed by atoms with Crippen molar-refractivity contribution in [3.05, 3.63) is 59.7 Å². The molecule has 132 valence electrons. The third-order valence-electron chi connectivity index (χ3n) is 3.57. The van der Waals surface area contributed by atoms with Crippen LogP contribution in [-0.4, -0.2) is 32.1 Å². The van der Waals surface area contributed by atoms with E-state index in [1.165, 1.54) is 12.7 Å². The average molecular weight is 342 g/mol. The van der Waals surface area contributed by atoms with Gasteiger partial charge in [-0.25, -0.2) is 0 Å². The molecule has 0 bridgehead atoms. The average Bonchev–Trinajstić information content (AvgIpc) is 2.64. The van der Waals surface area contributed by atoms with Gasteiger partial charge in [0.1, 0.15) is 0 Å². The monoisotopic (exact) mass is 342 g/mol. The summed E-state index contributed by atoms with van der Waals surface area (Å²) in [5.41, 5.74) is 6.76. The van der Waals surface area contributed by atoms with Crippen molar-refractivity contribution in [1.82, 2.24) is 5.32 Å². The summed E-state index contributed by atoms with van der Waals surface area (Å²) in [7, 11) is 1.47. The number of nitrogens with two attached hydrogens (primary N) is 1. The first-order valence-electron chi connectivity index (χ1n) is 8.01. The lowest BCUT2D eigenvalue weighted by atomic mass is 10.1. The number of nitrogens with one attached hydrogen (secondary N) is 1. The first kappa shape index (κ1) is 18.3. The summed E-state index contributed by atoms with van der Waals surface area (Å²) < 4.78 is 10.4. The van der Waals surface area contributed by atoms with Crippen LogP contribution in [0.25, 0.3) is 0 Å². The molecule has 0 aromatic heterocycles. The molecule has 0 aliphatic rings. The number of aryl methyl sites for hydroxylation is 1. The second-order valence-electron chi connectivity index (χ2n) is 5.47. The van der Waals surface area contributed by atoms with E-state index < -0.39 is 5.91 Å². The fraction of sp³-hybridized carbons (Fsp3) is 0.263. The molecule has 0 unspecified atom stereocenters. The lowest BCUT2D eigenvalue weighted by Gasteiger charge is -2.11. The molecule has 2 aromatic rings. The van der Waals surface area contributed by atoms with Crippen LogP contribution in [0, 0.1) is 0 Å². The van der Waals surface area contributed by atoms with E-state index in [1.54, 1.807) is 18.2 Å². The van der Waals surface area contributed by atoms with Crippen LogP contribution in [0.15, 0.2) is 48.5 Å². The lowest BCUT2D eigenvalue weighted by Crippen LogP contribution is -2.25. The van der Waals surface area contributed by atoms with Crippen molar-refractivity contribution in [2.75, 3.05) is 20.3 Å². The van der Waals surface area contributed by atoms with E-state index >= 15 is 0 Å². The van der Waals surface area contributed by atoms with Crippen LogP contribution < -0.4 is 20.5 Å². The predicted octanol–water partition coefficient (Wildman–Crippen LogP) is 1.92. The highest BCUT2D eigenvalue weighted by Gasteiger charge is 2.11. The third-order valence-corrected chi connectivity index (χ3v) is 3.57. The second-order valence-corrected chi connectivity index (χ2v) is 5.47. The molecule has 0 spiro atoms. The Labute approximate surface area is 146 Å². The smallest absolute Gasteiger partial charge is 0.255 e. The largest absolute Gasteiger partial charge is 0.493 e. The Balaban J connectivity index is 1.87. The van der Waals surface area contributed by atoms with E-state index in [4.69, 9.17) is 15.2 Å². The minimum absolute atomic E-state index is 0.187. The Morgan fingerprint density at radius 1 is 1.08 bits per heavy atom. The van der Waals surface area contributed by atoms with E-state index in [1.807, 2.05) is 18.2 Å². The summed E-state index contributed by atoms with van der Waals surface area (Å²) in [6, 6.07) is 14.9. The molecule has 3 N–H and O–H groups in total. The van der Waals surface area contributed by atoms with Crippen LogP contribution in [-0.2, 0) is 11.2 Å². The zero-order valence-electron chi connectivity index (χ0n) is 14.2. The lowest BCUT2D eigenvalue weighted by molar-refractivity contribution is -0.119. The first-order chi connectivity index (χ1) is 12.1. The standard InChI is InChI=1S/C19H22N2O4/c1-24-17-12-15(9-10-16(17)25-13-18(20)22)19(23)21-11-5-8-14-6-3-2-4-7-14/h2-4,6-7,9-10,12H,5,8,11,13H2,1H3,(H2,20,22)(H,21,23). The number of hydrogen-bond donors (Lipinski definition) is 2. The normalized spacial score (nSPS) is 10.1. The molecular weight excluding hydrogens is 320 g/mol. The minimum Gasteiger partial charge on any atom is -0.493 e. The van der Waals surface area contributed by atoms with E-state index in [9.17, 15) is 9.59 Å². The van der Waals surface area contributed by atoms with Crippen molar-refractivity contribution < 1.29 is 19.1 Å². The van der Waals surface area contributed by atoms with Crippen LogP contribution in [0.1, 0.15) is 22.3 Å².